The number of hydrogen-bond donors (Lipinski definition) is 0. The van der Waals surface area contributed by atoms with Crippen molar-refractivity contribution >= 4 is 12.0 Å². The Morgan fingerprint density at radius 3 is 2.60 bits per heavy atom. The van der Waals surface area contributed by atoms with Crippen molar-refractivity contribution in [1.29, 1.82) is 0 Å². The fraction of sp³-hybridized carbons (Fsp3) is 0.133. The molecular formula is C15H13NO4. The number of ether oxygens (including phenoxy) is 1. The van der Waals surface area contributed by atoms with E-state index in [9.17, 15) is 14.9 Å². The van der Waals surface area contributed by atoms with Crippen LogP contribution in [0.5, 0.6) is 11.5 Å². The van der Waals surface area contributed by atoms with Gasteiger partial charge in [0.1, 0.15) is 11.5 Å². The van der Waals surface area contributed by atoms with Crippen LogP contribution < -0.4 is 4.74 Å². The Labute approximate surface area is 116 Å². The van der Waals surface area contributed by atoms with E-state index < -0.39 is 4.92 Å². The van der Waals surface area contributed by atoms with Gasteiger partial charge in [-0.2, -0.15) is 0 Å². The van der Waals surface area contributed by atoms with Gasteiger partial charge in [-0.1, -0.05) is 25.1 Å². The molecule has 0 heterocycles. The smallest absolute Gasteiger partial charge is 0.270 e. The molecule has 0 saturated heterocycles. The highest BCUT2D eigenvalue weighted by Gasteiger charge is 2.12. The van der Waals surface area contributed by atoms with E-state index in [1.165, 1.54) is 18.2 Å². The van der Waals surface area contributed by atoms with Crippen LogP contribution in [0.2, 0.25) is 0 Å². The number of nitrogens with zero attached hydrogens (tertiary/aromatic N) is 1. The predicted molar refractivity (Wildman–Crippen MR) is 74.4 cm³/mol. The zero-order valence-electron chi connectivity index (χ0n) is 10.9. The topological polar surface area (TPSA) is 69.4 Å². The number of hydrogen-bond acceptors (Lipinski definition) is 4. The highest BCUT2D eigenvalue weighted by Crippen LogP contribution is 2.29. The van der Waals surface area contributed by atoms with Gasteiger partial charge in [-0.15, -0.1) is 0 Å². The second kappa shape index (κ2) is 5.97. The number of non-ortho nitro benzene ring substituents is 1. The van der Waals surface area contributed by atoms with Crippen LogP contribution in [0.1, 0.15) is 22.8 Å². The molecule has 0 unspecified atom stereocenters. The van der Waals surface area contributed by atoms with Crippen LogP contribution in [0.25, 0.3) is 0 Å². The third kappa shape index (κ3) is 2.83. The molecule has 0 aromatic heterocycles. The van der Waals surface area contributed by atoms with E-state index in [1.807, 2.05) is 25.1 Å². The normalized spacial score (nSPS) is 10.1. The molecule has 0 aliphatic rings. The third-order valence-electron chi connectivity index (χ3n) is 2.90. The van der Waals surface area contributed by atoms with Crippen LogP contribution in [0.4, 0.5) is 5.69 Å². The summed E-state index contributed by atoms with van der Waals surface area (Å²) in [6.07, 6.45) is 1.34. The average molecular weight is 271 g/mol. The summed E-state index contributed by atoms with van der Waals surface area (Å²) < 4.78 is 5.70. The van der Waals surface area contributed by atoms with Crippen LogP contribution in [-0.2, 0) is 6.42 Å². The monoisotopic (exact) mass is 271 g/mol. The lowest BCUT2D eigenvalue weighted by atomic mass is 10.1. The Hall–Kier alpha value is -2.69. The molecule has 0 aliphatic carbocycles. The number of nitro benzene ring substituents is 1. The molecule has 102 valence electrons. The fourth-order valence-corrected chi connectivity index (χ4v) is 1.85. The Bertz CT molecular complexity index is 652. The first kappa shape index (κ1) is 13.7. The minimum Gasteiger partial charge on any atom is -0.456 e. The maximum Gasteiger partial charge on any atom is 0.270 e. The first-order valence-electron chi connectivity index (χ1n) is 6.15. The van der Waals surface area contributed by atoms with E-state index in [0.717, 1.165) is 12.0 Å². The third-order valence-corrected chi connectivity index (χ3v) is 2.90. The van der Waals surface area contributed by atoms with Crippen molar-refractivity contribution in [3.05, 3.63) is 63.7 Å². The standard InChI is InChI=1S/C15H13NO4/c1-2-11-5-3-4-6-14(11)20-15-8-7-13(16(18)19)9-12(15)10-17/h3-10H,2H2,1H3. The van der Waals surface area contributed by atoms with Crippen molar-refractivity contribution in [1.82, 2.24) is 0 Å². The van der Waals surface area contributed by atoms with E-state index in [1.54, 1.807) is 6.07 Å². The summed E-state index contributed by atoms with van der Waals surface area (Å²) >= 11 is 0. The summed E-state index contributed by atoms with van der Waals surface area (Å²) in [5.41, 5.74) is 1.02. The average Bonchev–Trinajstić information content (AvgIpc) is 2.48. The van der Waals surface area contributed by atoms with Crippen molar-refractivity contribution in [2.24, 2.45) is 0 Å². The number of rotatable bonds is 5. The number of benzene rings is 2. The lowest BCUT2D eigenvalue weighted by Gasteiger charge is -2.11. The number of carbonyl (C=O) groups is 1. The van der Waals surface area contributed by atoms with E-state index >= 15 is 0 Å². The second-order valence-corrected chi connectivity index (χ2v) is 4.16. The van der Waals surface area contributed by atoms with E-state index in [2.05, 4.69) is 0 Å². The van der Waals surface area contributed by atoms with E-state index in [-0.39, 0.29) is 11.3 Å². The van der Waals surface area contributed by atoms with Crippen molar-refractivity contribution < 1.29 is 14.5 Å². The summed E-state index contributed by atoms with van der Waals surface area (Å²) in [6.45, 7) is 2.00. The van der Waals surface area contributed by atoms with Gasteiger partial charge in [0.15, 0.2) is 6.29 Å². The van der Waals surface area contributed by atoms with E-state index in [4.69, 9.17) is 4.74 Å². The second-order valence-electron chi connectivity index (χ2n) is 4.16. The Balaban J connectivity index is 2.38. The minimum absolute atomic E-state index is 0.136. The first-order valence-corrected chi connectivity index (χ1v) is 6.15. The molecule has 0 atom stereocenters. The van der Waals surface area contributed by atoms with Gasteiger partial charge in [-0.05, 0) is 24.1 Å². The molecular weight excluding hydrogens is 258 g/mol. The molecule has 5 heteroatoms. The molecule has 0 bridgehead atoms. The molecule has 0 spiro atoms. The summed E-state index contributed by atoms with van der Waals surface area (Å²) in [6, 6.07) is 11.4. The number of carbonyl (C=O) groups excluding carboxylic acids is 1. The molecule has 0 radical (unpaired) electrons. The maximum atomic E-state index is 11.0. The summed E-state index contributed by atoms with van der Waals surface area (Å²) in [4.78, 5) is 21.2. The molecule has 2 aromatic rings. The molecule has 5 nitrogen and oxygen atoms in total. The number of nitro groups is 1. The molecule has 0 saturated carbocycles. The summed E-state index contributed by atoms with van der Waals surface area (Å²) in [5.74, 6) is 0.957. The van der Waals surface area contributed by atoms with Crippen LogP contribution in [0.3, 0.4) is 0 Å². The van der Waals surface area contributed by atoms with Gasteiger partial charge in [0.2, 0.25) is 0 Å². The van der Waals surface area contributed by atoms with Gasteiger partial charge in [-0.3, -0.25) is 14.9 Å². The lowest BCUT2D eigenvalue weighted by Crippen LogP contribution is -1.96. The maximum absolute atomic E-state index is 11.0. The van der Waals surface area contributed by atoms with Crippen molar-refractivity contribution in [3.63, 3.8) is 0 Å². The Morgan fingerprint density at radius 2 is 1.95 bits per heavy atom. The molecule has 0 fully saturated rings. The molecule has 0 aliphatic heterocycles. The number of para-hydroxylation sites is 1. The highest BCUT2D eigenvalue weighted by atomic mass is 16.6. The molecule has 20 heavy (non-hydrogen) atoms. The van der Waals surface area contributed by atoms with Crippen LogP contribution in [-0.4, -0.2) is 11.2 Å². The SMILES string of the molecule is CCc1ccccc1Oc1ccc([N+](=O)[O-])cc1C=O. The van der Waals surface area contributed by atoms with Gasteiger partial charge < -0.3 is 4.74 Å². The Morgan fingerprint density at radius 1 is 1.20 bits per heavy atom. The fourth-order valence-electron chi connectivity index (χ4n) is 1.85. The van der Waals surface area contributed by atoms with Gasteiger partial charge in [0.05, 0.1) is 10.5 Å². The van der Waals surface area contributed by atoms with Crippen LogP contribution in [0, 0.1) is 10.1 Å². The van der Waals surface area contributed by atoms with Gasteiger partial charge >= 0.3 is 0 Å². The van der Waals surface area contributed by atoms with Crippen LogP contribution in [0.15, 0.2) is 42.5 Å². The van der Waals surface area contributed by atoms with Crippen molar-refractivity contribution in [2.75, 3.05) is 0 Å². The molecule has 0 N–H and O–H groups in total. The predicted octanol–water partition coefficient (Wildman–Crippen LogP) is 3.76. The Kier molecular flexibility index (Phi) is 4.10. The van der Waals surface area contributed by atoms with Gasteiger partial charge in [0, 0.05) is 12.1 Å². The minimum atomic E-state index is -0.545. The van der Waals surface area contributed by atoms with E-state index in [0.29, 0.717) is 17.8 Å². The molecule has 2 rings (SSSR count). The van der Waals surface area contributed by atoms with Crippen molar-refractivity contribution in [2.45, 2.75) is 13.3 Å². The van der Waals surface area contributed by atoms with Crippen LogP contribution >= 0.6 is 0 Å². The lowest BCUT2D eigenvalue weighted by molar-refractivity contribution is -0.384. The van der Waals surface area contributed by atoms with Crippen molar-refractivity contribution in [3.8, 4) is 11.5 Å². The number of aldehydes is 1. The molecule has 2 aromatic carbocycles. The first-order chi connectivity index (χ1) is 9.65. The largest absolute Gasteiger partial charge is 0.456 e. The highest BCUT2D eigenvalue weighted by molar-refractivity contribution is 5.81. The van der Waals surface area contributed by atoms with Gasteiger partial charge in [-0.25, -0.2) is 0 Å². The zero-order chi connectivity index (χ0) is 14.5. The van der Waals surface area contributed by atoms with Gasteiger partial charge in [0.25, 0.3) is 5.69 Å². The zero-order valence-corrected chi connectivity index (χ0v) is 10.9. The quantitative estimate of drug-likeness (QED) is 0.471. The number of aryl methyl sites for hydroxylation is 1. The summed E-state index contributed by atoms with van der Waals surface area (Å²) in [5, 5.41) is 10.7. The molecule has 0 amide bonds. The summed E-state index contributed by atoms with van der Waals surface area (Å²) in [7, 11) is 0.